The van der Waals surface area contributed by atoms with Crippen LogP contribution >= 0.6 is 15.9 Å². The average Bonchev–Trinajstić information content (AvgIpc) is 2.75. The van der Waals surface area contributed by atoms with Gasteiger partial charge in [0.15, 0.2) is 0 Å². The Morgan fingerprint density at radius 3 is 2.48 bits per heavy atom. The molecule has 0 bridgehead atoms. The van der Waals surface area contributed by atoms with Crippen molar-refractivity contribution >= 4 is 38.6 Å². The van der Waals surface area contributed by atoms with E-state index in [-0.39, 0.29) is 11.8 Å². The summed E-state index contributed by atoms with van der Waals surface area (Å²) < 4.78 is 5.78. The second-order valence-corrected chi connectivity index (χ2v) is 7.99. The number of carbonyl (C=O) groups excluding carboxylic acids is 2. The lowest BCUT2D eigenvalue weighted by Crippen LogP contribution is -2.45. The third-order valence-electron chi connectivity index (χ3n) is 5.26. The van der Waals surface area contributed by atoms with E-state index in [0.29, 0.717) is 5.56 Å². The maximum absolute atomic E-state index is 13.2. The van der Waals surface area contributed by atoms with E-state index < -0.39 is 12.0 Å². The Morgan fingerprint density at radius 1 is 1.03 bits per heavy atom. The molecule has 5 heteroatoms. The summed E-state index contributed by atoms with van der Waals surface area (Å²) in [6.45, 7) is 3.91. The van der Waals surface area contributed by atoms with E-state index in [0.717, 1.165) is 32.8 Å². The molecule has 0 heterocycles. The first-order valence-corrected chi connectivity index (χ1v) is 10.4. The summed E-state index contributed by atoms with van der Waals surface area (Å²) in [6.07, 6.45) is 0.747. The minimum atomic E-state index is -0.693. The molecule has 29 heavy (non-hydrogen) atoms. The maximum Gasteiger partial charge on any atom is 0.328 e. The van der Waals surface area contributed by atoms with Gasteiger partial charge in [0.25, 0.3) is 5.91 Å². The molecule has 2 unspecified atom stereocenters. The summed E-state index contributed by atoms with van der Waals surface area (Å²) in [5.74, 6) is -0.768. The molecule has 0 saturated carbocycles. The minimum Gasteiger partial charge on any atom is -0.467 e. The van der Waals surface area contributed by atoms with Gasteiger partial charge < -0.3 is 10.1 Å². The lowest BCUT2D eigenvalue weighted by Gasteiger charge is -2.22. The molecule has 3 aromatic rings. The number of carbonyl (C=O) groups is 2. The third kappa shape index (κ3) is 4.51. The van der Waals surface area contributed by atoms with Crippen LogP contribution in [-0.2, 0) is 9.53 Å². The van der Waals surface area contributed by atoms with Crippen molar-refractivity contribution in [3.8, 4) is 11.1 Å². The highest BCUT2D eigenvalue weighted by atomic mass is 79.9. The lowest BCUT2D eigenvalue weighted by atomic mass is 9.93. The zero-order valence-electron chi connectivity index (χ0n) is 16.7. The van der Waals surface area contributed by atoms with Crippen molar-refractivity contribution in [3.63, 3.8) is 0 Å². The van der Waals surface area contributed by atoms with Gasteiger partial charge in [-0.25, -0.2) is 4.79 Å². The molecule has 3 aromatic carbocycles. The van der Waals surface area contributed by atoms with Gasteiger partial charge in [0, 0.05) is 10.0 Å². The van der Waals surface area contributed by atoms with Crippen LogP contribution in [0.1, 0.15) is 30.6 Å². The molecule has 0 fully saturated rings. The Kier molecular flexibility index (Phi) is 6.70. The summed E-state index contributed by atoms with van der Waals surface area (Å²) in [6, 6.07) is 19.0. The molecular weight excluding hydrogens is 430 g/mol. The Morgan fingerprint density at radius 2 is 1.76 bits per heavy atom. The Labute approximate surface area is 179 Å². The molecule has 0 aliphatic heterocycles. The summed E-state index contributed by atoms with van der Waals surface area (Å²) in [7, 11) is 1.34. The Hall–Kier alpha value is -2.66. The first-order valence-electron chi connectivity index (χ1n) is 9.62. The van der Waals surface area contributed by atoms with Crippen LogP contribution in [0.4, 0.5) is 0 Å². The number of amides is 1. The molecule has 3 rings (SSSR count). The van der Waals surface area contributed by atoms with E-state index in [9.17, 15) is 9.59 Å². The van der Waals surface area contributed by atoms with Crippen LogP contribution in [0, 0.1) is 5.92 Å². The van der Waals surface area contributed by atoms with Crippen molar-refractivity contribution in [2.24, 2.45) is 5.92 Å². The molecule has 0 aliphatic carbocycles. The summed E-state index contributed by atoms with van der Waals surface area (Å²) in [4.78, 5) is 25.4. The van der Waals surface area contributed by atoms with Crippen LogP contribution in [0.5, 0.6) is 0 Å². The smallest absolute Gasteiger partial charge is 0.328 e. The number of methoxy groups -OCH3 is 1. The number of fused-ring (bicyclic) bond motifs is 1. The first-order chi connectivity index (χ1) is 14.0. The standard InChI is InChI=1S/C24H24BrNO3/c1-4-15(2)22(24(28)29-3)26-23(27)20-13-12-17(25)14-21(20)19-11-7-9-16-8-5-6-10-18(16)19/h5-15,22H,4H2,1-3H3,(H,26,27). The molecule has 1 N–H and O–H groups in total. The molecule has 2 atom stereocenters. The van der Waals surface area contributed by atoms with Crippen LogP contribution in [0.3, 0.4) is 0 Å². The van der Waals surface area contributed by atoms with Crippen molar-refractivity contribution in [1.29, 1.82) is 0 Å². The van der Waals surface area contributed by atoms with Gasteiger partial charge in [0.05, 0.1) is 7.11 Å². The van der Waals surface area contributed by atoms with Gasteiger partial charge in [-0.3, -0.25) is 4.79 Å². The number of hydrogen-bond donors (Lipinski definition) is 1. The minimum absolute atomic E-state index is 0.0390. The molecule has 0 spiro atoms. The predicted octanol–water partition coefficient (Wildman–Crippen LogP) is 5.59. The third-order valence-corrected chi connectivity index (χ3v) is 5.75. The van der Waals surface area contributed by atoms with Crippen molar-refractivity contribution < 1.29 is 14.3 Å². The van der Waals surface area contributed by atoms with E-state index in [1.807, 2.05) is 68.4 Å². The van der Waals surface area contributed by atoms with Crippen LogP contribution < -0.4 is 5.32 Å². The molecule has 150 valence electrons. The van der Waals surface area contributed by atoms with Gasteiger partial charge >= 0.3 is 5.97 Å². The van der Waals surface area contributed by atoms with Gasteiger partial charge in [-0.05, 0) is 46.0 Å². The quantitative estimate of drug-likeness (QED) is 0.495. The second kappa shape index (κ2) is 9.23. The maximum atomic E-state index is 13.2. The molecule has 0 aromatic heterocycles. The van der Waals surface area contributed by atoms with Gasteiger partial charge in [0.2, 0.25) is 0 Å². The number of esters is 1. The van der Waals surface area contributed by atoms with Crippen molar-refractivity contribution in [1.82, 2.24) is 5.32 Å². The van der Waals surface area contributed by atoms with Gasteiger partial charge in [-0.2, -0.15) is 0 Å². The summed E-state index contributed by atoms with van der Waals surface area (Å²) in [5.41, 5.74) is 2.29. The highest BCUT2D eigenvalue weighted by Crippen LogP contribution is 2.33. The monoisotopic (exact) mass is 453 g/mol. The average molecular weight is 454 g/mol. The summed E-state index contributed by atoms with van der Waals surface area (Å²) in [5, 5.41) is 5.05. The molecule has 0 saturated heterocycles. The number of ether oxygens (including phenoxy) is 1. The van der Waals surface area contributed by atoms with Gasteiger partial charge in [-0.1, -0.05) is 78.7 Å². The van der Waals surface area contributed by atoms with Crippen molar-refractivity contribution in [2.75, 3.05) is 7.11 Å². The van der Waals surface area contributed by atoms with Gasteiger partial charge in [-0.15, -0.1) is 0 Å². The van der Waals surface area contributed by atoms with Crippen LogP contribution in [0.2, 0.25) is 0 Å². The zero-order chi connectivity index (χ0) is 21.0. The normalized spacial score (nSPS) is 13.0. The highest BCUT2D eigenvalue weighted by molar-refractivity contribution is 9.10. The number of rotatable bonds is 6. The van der Waals surface area contributed by atoms with Crippen LogP contribution in [0.15, 0.2) is 65.1 Å². The molecular formula is C24H24BrNO3. The Bertz CT molecular complexity index is 1040. The molecule has 1 amide bonds. The van der Waals surface area contributed by atoms with E-state index in [4.69, 9.17) is 4.74 Å². The fourth-order valence-corrected chi connectivity index (χ4v) is 3.77. The van der Waals surface area contributed by atoms with Crippen LogP contribution in [0.25, 0.3) is 21.9 Å². The largest absolute Gasteiger partial charge is 0.467 e. The van der Waals surface area contributed by atoms with E-state index in [1.54, 1.807) is 6.07 Å². The molecule has 0 radical (unpaired) electrons. The second-order valence-electron chi connectivity index (χ2n) is 7.08. The topological polar surface area (TPSA) is 55.4 Å². The van der Waals surface area contributed by atoms with Crippen molar-refractivity contribution in [3.05, 3.63) is 70.7 Å². The fraction of sp³-hybridized carbons (Fsp3) is 0.250. The number of hydrogen-bond acceptors (Lipinski definition) is 3. The van der Waals surface area contributed by atoms with Crippen molar-refractivity contribution in [2.45, 2.75) is 26.3 Å². The number of nitrogens with one attached hydrogen (secondary N) is 1. The predicted molar refractivity (Wildman–Crippen MR) is 120 cm³/mol. The van der Waals surface area contributed by atoms with E-state index in [2.05, 4.69) is 21.2 Å². The Balaban J connectivity index is 2.07. The zero-order valence-corrected chi connectivity index (χ0v) is 18.3. The van der Waals surface area contributed by atoms with E-state index >= 15 is 0 Å². The SMILES string of the molecule is CCC(C)C(NC(=O)c1ccc(Br)cc1-c1cccc2ccccc12)C(=O)OC. The van der Waals surface area contributed by atoms with Gasteiger partial charge in [0.1, 0.15) is 6.04 Å². The van der Waals surface area contributed by atoms with Crippen LogP contribution in [-0.4, -0.2) is 25.0 Å². The number of halogens is 1. The highest BCUT2D eigenvalue weighted by Gasteiger charge is 2.28. The lowest BCUT2D eigenvalue weighted by molar-refractivity contribution is -0.144. The van der Waals surface area contributed by atoms with E-state index in [1.165, 1.54) is 7.11 Å². The molecule has 0 aliphatic rings. The fourth-order valence-electron chi connectivity index (χ4n) is 3.41. The molecule has 4 nitrogen and oxygen atoms in total. The first kappa shape index (κ1) is 21.1. The summed E-state index contributed by atoms with van der Waals surface area (Å²) >= 11 is 3.52. The number of benzene rings is 3.